The molecule has 0 unspecified atom stereocenters. The van der Waals surface area contributed by atoms with E-state index in [-0.39, 0.29) is 24.2 Å². The maximum absolute atomic E-state index is 12.4. The fraction of sp³-hybridized carbons (Fsp3) is 0.556. The molecule has 0 aromatic heterocycles. The summed E-state index contributed by atoms with van der Waals surface area (Å²) in [6.07, 6.45) is 2.81. The lowest BCUT2D eigenvalue weighted by atomic mass is 9.81. The van der Waals surface area contributed by atoms with Crippen molar-refractivity contribution in [2.24, 2.45) is 11.1 Å². The van der Waals surface area contributed by atoms with Crippen molar-refractivity contribution in [3.8, 4) is 0 Å². The average molecular weight is 356 g/mol. The number of carbonyl (C=O) groups is 2. The minimum Gasteiger partial charge on any atom is -0.352 e. The van der Waals surface area contributed by atoms with E-state index in [9.17, 15) is 9.59 Å². The van der Waals surface area contributed by atoms with Crippen LogP contribution in [0.3, 0.4) is 0 Å². The van der Waals surface area contributed by atoms with E-state index in [0.717, 1.165) is 30.5 Å². The van der Waals surface area contributed by atoms with E-state index in [1.165, 1.54) is 0 Å². The van der Waals surface area contributed by atoms with Gasteiger partial charge in [0.2, 0.25) is 11.8 Å². The smallest absolute Gasteiger partial charge is 0.227 e. The van der Waals surface area contributed by atoms with Gasteiger partial charge in [0, 0.05) is 25.2 Å². The summed E-state index contributed by atoms with van der Waals surface area (Å²) < 4.78 is 0. The standard InChI is InChI=1S/C18H29N3O2.ClH/c1-4-7-16(22)21-15-10-8-14(9-11-15)12-20-17(23)18(5-2,6-3)13-19;/h8-11H,4-7,12-13,19H2,1-3H3,(H,20,23)(H,21,22);1H. The molecule has 4 N–H and O–H groups in total. The number of amides is 2. The summed E-state index contributed by atoms with van der Waals surface area (Å²) in [7, 11) is 0. The second kappa shape index (κ2) is 11.0. The van der Waals surface area contributed by atoms with Crippen LogP contribution in [-0.4, -0.2) is 18.4 Å². The molecule has 5 nitrogen and oxygen atoms in total. The van der Waals surface area contributed by atoms with E-state index in [1.807, 2.05) is 45.0 Å². The highest BCUT2D eigenvalue weighted by Crippen LogP contribution is 2.25. The molecule has 0 bridgehead atoms. The number of carbonyl (C=O) groups excluding carboxylic acids is 2. The van der Waals surface area contributed by atoms with Gasteiger partial charge in [0.05, 0.1) is 5.41 Å². The van der Waals surface area contributed by atoms with Crippen molar-refractivity contribution in [3.05, 3.63) is 29.8 Å². The van der Waals surface area contributed by atoms with Crippen molar-refractivity contribution in [3.63, 3.8) is 0 Å². The predicted octanol–water partition coefficient (Wildman–Crippen LogP) is 3.23. The summed E-state index contributed by atoms with van der Waals surface area (Å²) in [6.45, 7) is 6.77. The third-order valence-corrected chi connectivity index (χ3v) is 4.39. The fourth-order valence-corrected chi connectivity index (χ4v) is 2.48. The zero-order chi connectivity index (χ0) is 17.3. The molecule has 24 heavy (non-hydrogen) atoms. The van der Waals surface area contributed by atoms with Gasteiger partial charge in [-0.3, -0.25) is 9.59 Å². The zero-order valence-corrected chi connectivity index (χ0v) is 15.7. The van der Waals surface area contributed by atoms with Crippen molar-refractivity contribution >= 4 is 29.9 Å². The molecule has 0 heterocycles. The SMILES string of the molecule is CCCC(=O)Nc1ccc(CNC(=O)C(CC)(CC)CN)cc1.Cl. The molecule has 1 aromatic carbocycles. The lowest BCUT2D eigenvalue weighted by molar-refractivity contribution is -0.131. The van der Waals surface area contributed by atoms with Gasteiger partial charge in [-0.25, -0.2) is 0 Å². The first-order valence-electron chi connectivity index (χ1n) is 8.38. The van der Waals surface area contributed by atoms with Gasteiger partial charge in [-0.15, -0.1) is 12.4 Å². The normalized spacial score (nSPS) is 10.7. The molecule has 0 fully saturated rings. The second-order valence-electron chi connectivity index (χ2n) is 5.87. The molecule has 0 saturated heterocycles. The monoisotopic (exact) mass is 355 g/mol. The average Bonchev–Trinajstić information content (AvgIpc) is 2.56. The summed E-state index contributed by atoms with van der Waals surface area (Å²) in [5, 5.41) is 5.81. The van der Waals surface area contributed by atoms with Crippen LogP contribution >= 0.6 is 12.4 Å². The molecule has 1 rings (SSSR count). The van der Waals surface area contributed by atoms with Crippen LogP contribution in [0.5, 0.6) is 0 Å². The topological polar surface area (TPSA) is 84.2 Å². The fourth-order valence-electron chi connectivity index (χ4n) is 2.48. The molecule has 2 amide bonds. The molecular formula is C18H30ClN3O2. The molecule has 136 valence electrons. The molecule has 6 heteroatoms. The predicted molar refractivity (Wildman–Crippen MR) is 101 cm³/mol. The van der Waals surface area contributed by atoms with Crippen LogP contribution < -0.4 is 16.4 Å². The van der Waals surface area contributed by atoms with Crippen molar-refractivity contribution in [2.45, 2.75) is 53.0 Å². The van der Waals surface area contributed by atoms with Gasteiger partial charge >= 0.3 is 0 Å². The van der Waals surface area contributed by atoms with Crippen LogP contribution in [0.15, 0.2) is 24.3 Å². The largest absolute Gasteiger partial charge is 0.352 e. The molecule has 0 aliphatic heterocycles. The Bertz CT molecular complexity index is 505. The van der Waals surface area contributed by atoms with Crippen LogP contribution in [0.25, 0.3) is 0 Å². The summed E-state index contributed by atoms with van der Waals surface area (Å²) in [6, 6.07) is 7.52. The molecule has 0 saturated carbocycles. The maximum Gasteiger partial charge on any atom is 0.227 e. The molecule has 0 atom stereocenters. The number of nitrogens with two attached hydrogens (primary N) is 1. The molecule has 0 radical (unpaired) electrons. The number of hydrogen-bond acceptors (Lipinski definition) is 3. The van der Waals surface area contributed by atoms with E-state index < -0.39 is 5.41 Å². The van der Waals surface area contributed by atoms with Crippen LogP contribution in [-0.2, 0) is 16.1 Å². The lowest BCUT2D eigenvalue weighted by Gasteiger charge is -2.28. The van der Waals surface area contributed by atoms with Gasteiger partial charge in [0.1, 0.15) is 0 Å². The van der Waals surface area contributed by atoms with E-state index in [1.54, 1.807) is 0 Å². The minimum absolute atomic E-state index is 0. The Morgan fingerprint density at radius 1 is 1.08 bits per heavy atom. The molecule has 0 aliphatic carbocycles. The summed E-state index contributed by atoms with van der Waals surface area (Å²) in [4.78, 5) is 23.9. The number of benzene rings is 1. The molecular weight excluding hydrogens is 326 g/mol. The van der Waals surface area contributed by atoms with Crippen LogP contribution in [0, 0.1) is 5.41 Å². The Morgan fingerprint density at radius 3 is 2.12 bits per heavy atom. The first-order valence-corrected chi connectivity index (χ1v) is 8.38. The summed E-state index contributed by atoms with van der Waals surface area (Å²) in [5.74, 6) is 0.0255. The summed E-state index contributed by atoms with van der Waals surface area (Å²) in [5.41, 5.74) is 7.08. The van der Waals surface area contributed by atoms with Gasteiger partial charge in [-0.2, -0.15) is 0 Å². The van der Waals surface area contributed by atoms with E-state index in [2.05, 4.69) is 10.6 Å². The summed E-state index contributed by atoms with van der Waals surface area (Å²) >= 11 is 0. The highest BCUT2D eigenvalue weighted by atomic mass is 35.5. The Balaban J connectivity index is 0.00000529. The number of anilines is 1. The van der Waals surface area contributed by atoms with Crippen LogP contribution in [0.1, 0.15) is 52.0 Å². The van der Waals surface area contributed by atoms with E-state index in [4.69, 9.17) is 5.73 Å². The van der Waals surface area contributed by atoms with E-state index >= 15 is 0 Å². The molecule has 0 aliphatic rings. The Morgan fingerprint density at radius 2 is 1.67 bits per heavy atom. The van der Waals surface area contributed by atoms with Gasteiger partial charge < -0.3 is 16.4 Å². The minimum atomic E-state index is -0.478. The van der Waals surface area contributed by atoms with Gasteiger partial charge in [0.15, 0.2) is 0 Å². The van der Waals surface area contributed by atoms with Crippen LogP contribution in [0.4, 0.5) is 5.69 Å². The van der Waals surface area contributed by atoms with E-state index in [0.29, 0.717) is 19.5 Å². The highest BCUT2D eigenvalue weighted by molar-refractivity contribution is 5.90. The Kier molecular flexibility index (Phi) is 10.3. The van der Waals surface area contributed by atoms with Crippen molar-refractivity contribution in [2.75, 3.05) is 11.9 Å². The van der Waals surface area contributed by atoms with Crippen LogP contribution in [0.2, 0.25) is 0 Å². The third-order valence-electron chi connectivity index (χ3n) is 4.39. The number of nitrogens with one attached hydrogen (secondary N) is 2. The number of rotatable bonds is 9. The quantitative estimate of drug-likeness (QED) is 0.635. The molecule has 0 spiro atoms. The van der Waals surface area contributed by atoms with Crippen molar-refractivity contribution in [1.29, 1.82) is 0 Å². The van der Waals surface area contributed by atoms with Crippen molar-refractivity contribution in [1.82, 2.24) is 5.32 Å². The van der Waals surface area contributed by atoms with Gasteiger partial charge in [-0.1, -0.05) is 32.9 Å². The number of hydrogen-bond donors (Lipinski definition) is 3. The van der Waals surface area contributed by atoms with Gasteiger partial charge in [0.25, 0.3) is 0 Å². The number of halogens is 1. The zero-order valence-electron chi connectivity index (χ0n) is 14.9. The third kappa shape index (κ3) is 6.13. The van der Waals surface area contributed by atoms with Gasteiger partial charge in [-0.05, 0) is 37.0 Å². The maximum atomic E-state index is 12.4. The highest BCUT2D eigenvalue weighted by Gasteiger charge is 2.32. The molecule has 1 aromatic rings. The van der Waals surface area contributed by atoms with Crippen molar-refractivity contribution < 1.29 is 9.59 Å². The first-order chi connectivity index (χ1) is 11.0. The second-order valence-corrected chi connectivity index (χ2v) is 5.87. The Labute approximate surface area is 151 Å². The first kappa shape index (κ1) is 22.4. The Hall–Kier alpha value is -1.59. The lowest BCUT2D eigenvalue weighted by Crippen LogP contribution is -2.45.